The summed E-state index contributed by atoms with van der Waals surface area (Å²) in [6.07, 6.45) is 5.40. The lowest BCUT2D eigenvalue weighted by atomic mass is 9.96. The zero-order valence-corrected chi connectivity index (χ0v) is 14.7. The van der Waals surface area contributed by atoms with Crippen molar-refractivity contribution in [2.24, 2.45) is 5.92 Å². The summed E-state index contributed by atoms with van der Waals surface area (Å²) in [6, 6.07) is 0. The highest BCUT2D eigenvalue weighted by atomic mass is 35.5. The zero-order valence-electron chi connectivity index (χ0n) is 13.9. The van der Waals surface area contributed by atoms with Crippen molar-refractivity contribution in [3.05, 3.63) is 0 Å². The van der Waals surface area contributed by atoms with Crippen LogP contribution in [-0.4, -0.2) is 62.9 Å². The Kier molecular flexibility index (Phi) is 9.33. The van der Waals surface area contributed by atoms with Gasteiger partial charge in [0.1, 0.15) is 6.10 Å². The van der Waals surface area contributed by atoms with E-state index < -0.39 is 0 Å². The Hall–Kier alpha value is -0.360. The van der Waals surface area contributed by atoms with Gasteiger partial charge in [-0.25, -0.2) is 0 Å². The lowest BCUT2D eigenvalue weighted by Crippen LogP contribution is -2.45. The van der Waals surface area contributed by atoms with Gasteiger partial charge in [0.05, 0.1) is 12.7 Å². The lowest BCUT2D eigenvalue weighted by molar-refractivity contribution is -0.147. The fraction of sp³-hybridized carbons (Fsp3) is 0.938. The number of hydrogen-bond acceptors (Lipinski definition) is 4. The van der Waals surface area contributed by atoms with Gasteiger partial charge in [-0.15, -0.1) is 12.4 Å². The number of hydrogen-bond donors (Lipinski definition) is 1. The third-order valence-electron chi connectivity index (χ3n) is 4.57. The SMILES string of the molecule is CNCC1CCN(C(=O)C(C)OCC2CCCCO2)CC1.Cl. The number of carbonyl (C=O) groups excluding carboxylic acids is 1. The molecule has 0 bridgehead atoms. The molecule has 1 N–H and O–H groups in total. The molecule has 0 aromatic rings. The first-order valence-electron chi connectivity index (χ1n) is 8.37. The maximum atomic E-state index is 12.4. The Morgan fingerprint density at radius 3 is 2.64 bits per heavy atom. The summed E-state index contributed by atoms with van der Waals surface area (Å²) >= 11 is 0. The first-order valence-corrected chi connectivity index (χ1v) is 8.37. The summed E-state index contributed by atoms with van der Waals surface area (Å²) in [4.78, 5) is 14.3. The van der Waals surface area contributed by atoms with Gasteiger partial charge < -0.3 is 19.7 Å². The number of halogens is 1. The van der Waals surface area contributed by atoms with Gasteiger partial charge in [0, 0.05) is 19.7 Å². The van der Waals surface area contributed by atoms with Crippen molar-refractivity contribution < 1.29 is 14.3 Å². The zero-order chi connectivity index (χ0) is 15.1. The molecule has 2 atom stereocenters. The van der Waals surface area contributed by atoms with Crippen LogP contribution in [0.25, 0.3) is 0 Å². The van der Waals surface area contributed by atoms with E-state index >= 15 is 0 Å². The van der Waals surface area contributed by atoms with Crippen LogP contribution < -0.4 is 5.32 Å². The lowest BCUT2D eigenvalue weighted by Gasteiger charge is -2.33. The van der Waals surface area contributed by atoms with Gasteiger partial charge in [0.15, 0.2) is 0 Å². The predicted octanol–water partition coefficient (Wildman–Crippen LogP) is 1.84. The van der Waals surface area contributed by atoms with Crippen molar-refractivity contribution in [1.82, 2.24) is 10.2 Å². The average Bonchev–Trinajstić information content (AvgIpc) is 2.54. The Morgan fingerprint density at radius 1 is 1.32 bits per heavy atom. The quantitative estimate of drug-likeness (QED) is 0.805. The fourth-order valence-corrected chi connectivity index (χ4v) is 3.17. The monoisotopic (exact) mass is 334 g/mol. The number of piperidine rings is 1. The van der Waals surface area contributed by atoms with E-state index in [0.717, 1.165) is 51.9 Å². The molecule has 0 spiro atoms. The molecule has 2 heterocycles. The third-order valence-corrected chi connectivity index (χ3v) is 4.57. The third kappa shape index (κ3) is 6.03. The van der Waals surface area contributed by atoms with Crippen LogP contribution in [0, 0.1) is 5.92 Å². The number of nitrogens with zero attached hydrogens (tertiary/aromatic N) is 1. The number of likely N-dealkylation sites (tertiary alicyclic amines) is 1. The summed E-state index contributed by atoms with van der Waals surface area (Å²) in [5, 5.41) is 3.22. The number of ether oxygens (including phenoxy) is 2. The number of amides is 1. The van der Waals surface area contributed by atoms with Gasteiger partial charge in [0.25, 0.3) is 5.91 Å². The smallest absolute Gasteiger partial charge is 0.251 e. The summed E-state index contributed by atoms with van der Waals surface area (Å²) in [5.74, 6) is 0.833. The van der Waals surface area contributed by atoms with Gasteiger partial charge in [-0.3, -0.25) is 4.79 Å². The molecule has 2 aliphatic rings. The van der Waals surface area contributed by atoms with Crippen LogP contribution in [0.1, 0.15) is 39.0 Å². The fourth-order valence-electron chi connectivity index (χ4n) is 3.17. The van der Waals surface area contributed by atoms with E-state index in [9.17, 15) is 4.79 Å². The summed E-state index contributed by atoms with van der Waals surface area (Å²) in [7, 11) is 1.99. The topological polar surface area (TPSA) is 50.8 Å². The molecule has 0 radical (unpaired) electrons. The van der Waals surface area contributed by atoms with E-state index in [-0.39, 0.29) is 30.5 Å². The summed E-state index contributed by atoms with van der Waals surface area (Å²) in [5.41, 5.74) is 0. The Bertz CT molecular complexity index is 317. The van der Waals surface area contributed by atoms with E-state index in [1.165, 1.54) is 6.42 Å². The van der Waals surface area contributed by atoms with Gasteiger partial charge >= 0.3 is 0 Å². The Balaban J connectivity index is 0.00000242. The standard InChI is InChI=1S/C16H30N2O3.ClH/c1-13(21-12-15-5-3-4-10-20-15)16(19)18-8-6-14(7-9-18)11-17-2;/h13-15,17H,3-12H2,1-2H3;1H. The first kappa shape index (κ1) is 19.7. The average molecular weight is 335 g/mol. The minimum absolute atomic E-state index is 0. The molecular weight excluding hydrogens is 304 g/mol. The molecule has 0 aromatic heterocycles. The molecule has 5 nitrogen and oxygen atoms in total. The normalized spacial score (nSPS) is 24.6. The van der Waals surface area contributed by atoms with E-state index in [1.54, 1.807) is 0 Å². The van der Waals surface area contributed by atoms with Crippen LogP contribution in [0.15, 0.2) is 0 Å². The molecule has 130 valence electrons. The largest absolute Gasteiger partial charge is 0.376 e. The molecule has 0 aliphatic carbocycles. The molecule has 0 aromatic carbocycles. The second kappa shape index (κ2) is 10.4. The predicted molar refractivity (Wildman–Crippen MR) is 89.5 cm³/mol. The molecule has 2 unspecified atom stereocenters. The van der Waals surface area contributed by atoms with Gasteiger partial charge in [0.2, 0.25) is 0 Å². The van der Waals surface area contributed by atoms with Crippen molar-refractivity contribution in [2.45, 2.75) is 51.2 Å². The van der Waals surface area contributed by atoms with E-state index in [1.807, 2.05) is 18.9 Å². The van der Waals surface area contributed by atoms with Gasteiger partial charge in [-0.2, -0.15) is 0 Å². The maximum Gasteiger partial charge on any atom is 0.251 e. The second-order valence-corrected chi connectivity index (χ2v) is 6.29. The van der Waals surface area contributed by atoms with Gasteiger partial charge in [-0.1, -0.05) is 0 Å². The molecule has 22 heavy (non-hydrogen) atoms. The van der Waals surface area contributed by atoms with E-state index in [4.69, 9.17) is 9.47 Å². The maximum absolute atomic E-state index is 12.4. The molecule has 2 fully saturated rings. The first-order chi connectivity index (χ1) is 10.2. The molecule has 2 rings (SSSR count). The molecule has 2 saturated heterocycles. The van der Waals surface area contributed by atoms with Crippen LogP contribution in [0.2, 0.25) is 0 Å². The van der Waals surface area contributed by atoms with Gasteiger partial charge in [-0.05, 0) is 58.5 Å². The number of rotatable bonds is 6. The Labute approximate surface area is 140 Å². The molecule has 6 heteroatoms. The highest BCUT2D eigenvalue weighted by molar-refractivity contribution is 5.85. The second-order valence-electron chi connectivity index (χ2n) is 6.29. The minimum atomic E-state index is -0.351. The molecule has 2 aliphatic heterocycles. The van der Waals surface area contributed by atoms with Crippen LogP contribution in [-0.2, 0) is 14.3 Å². The van der Waals surface area contributed by atoms with Crippen LogP contribution in [0.4, 0.5) is 0 Å². The van der Waals surface area contributed by atoms with E-state index in [2.05, 4.69) is 5.32 Å². The molecule has 0 saturated carbocycles. The highest BCUT2D eigenvalue weighted by Crippen LogP contribution is 2.18. The highest BCUT2D eigenvalue weighted by Gasteiger charge is 2.27. The van der Waals surface area contributed by atoms with Crippen LogP contribution in [0.5, 0.6) is 0 Å². The van der Waals surface area contributed by atoms with Crippen molar-refractivity contribution >= 4 is 18.3 Å². The number of nitrogens with one attached hydrogen (secondary N) is 1. The molecular formula is C16H31ClN2O3. The minimum Gasteiger partial charge on any atom is -0.376 e. The summed E-state index contributed by atoms with van der Waals surface area (Å²) in [6.45, 7) is 6.01. The Morgan fingerprint density at radius 2 is 2.05 bits per heavy atom. The van der Waals surface area contributed by atoms with Crippen molar-refractivity contribution in [1.29, 1.82) is 0 Å². The summed E-state index contributed by atoms with van der Waals surface area (Å²) < 4.78 is 11.4. The van der Waals surface area contributed by atoms with Crippen molar-refractivity contribution in [2.75, 3.05) is 39.9 Å². The van der Waals surface area contributed by atoms with Crippen molar-refractivity contribution in [3.8, 4) is 0 Å². The van der Waals surface area contributed by atoms with Crippen LogP contribution in [0.3, 0.4) is 0 Å². The van der Waals surface area contributed by atoms with E-state index in [0.29, 0.717) is 12.5 Å². The van der Waals surface area contributed by atoms with Crippen LogP contribution >= 0.6 is 12.4 Å². The van der Waals surface area contributed by atoms with Crippen molar-refractivity contribution in [3.63, 3.8) is 0 Å². The molecule has 1 amide bonds. The number of carbonyl (C=O) groups is 1.